The average molecular weight is 469 g/mol. The van der Waals surface area contributed by atoms with Crippen LogP contribution in [0.15, 0.2) is 42.0 Å². The molecule has 0 aliphatic carbocycles. The molecule has 1 aliphatic rings. The number of phenolic OH excluding ortho intramolecular Hbond substituents is 1. The van der Waals surface area contributed by atoms with Crippen molar-refractivity contribution >= 4 is 17.4 Å². The Morgan fingerprint density at radius 1 is 1.15 bits per heavy atom. The largest absolute Gasteiger partial charge is 0.507 e. The second-order valence-electron chi connectivity index (χ2n) is 8.49. The fraction of sp³-hybridized carbons (Fsp3) is 0.385. The number of carbonyl (C=O) groups is 2. The molecule has 0 bridgehead atoms. The predicted molar refractivity (Wildman–Crippen MR) is 129 cm³/mol. The highest BCUT2D eigenvalue weighted by Gasteiger charge is 2.46. The van der Waals surface area contributed by atoms with Gasteiger partial charge in [-0.3, -0.25) is 9.59 Å². The van der Waals surface area contributed by atoms with Crippen LogP contribution in [0.3, 0.4) is 0 Å². The highest BCUT2D eigenvalue weighted by molar-refractivity contribution is 6.46. The molecular formula is C26H32N2O6. The Labute approximate surface area is 200 Å². The number of aliphatic hydroxyl groups is 1. The van der Waals surface area contributed by atoms with Gasteiger partial charge in [0.2, 0.25) is 0 Å². The molecule has 8 heteroatoms. The number of aliphatic hydroxyl groups excluding tert-OH is 1. The molecule has 1 aliphatic heterocycles. The third-order valence-electron chi connectivity index (χ3n) is 5.83. The highest BCUT2D eigenvalue weighted by atomic mass is 16.5. The number of nitrogens with zero attached hydrogens (tertiary/aromatic N) is 2. The van der Waals surface area contributed by atoms with Crippen LogP contribution in [0.5, 0.6) is 17.2 Å². The third-order valence-corrected chi connectivity index (χ3v) is 5.83. The van der Waals surface area contributed by atoms with Gasteiger partial charge in [0.05, 0.1) is 25.3 Å². The second-order valence-corrected chi connectivity index (χ2v) is 8.49. The monoisotopic (exact) mass is 468 g/mol. The van der Waals surface area contributed by atoms with Crippen molar-refractivity contribution in [3.8, 4) is 17.2 Å². The first-order valence-corrected chi connectivity index (χ1v) is 11.2. The van der Waals surface area contributed by atoms with Crippen molar-refractivity contribution in [3.63, 3.8) is 0 Å². The maximum Gasteiger partial charge on any atom is 0.295 e. The van der Waals surface area contributed by atoms with E-state index in [4.69, 9.17) is 9.47 Å². The first kappa shape index (κ1) is 25.1. The van der Waals surface area contributed by atoms with Gasteiger partial charge in [-0.2, -0.15) is 0 Å². The van der Waals surface area contributed by atoms with Crippen LogP contribution in [0.25, 0.3) is 5.76 Å². The fourth-order valence-electron chi connectivity index (χ4n) is 4.16. The highest BCUT2D eigenvalue weighted by Crippen LogP contribution is 2.42. The van der Waals surface area contributed by atoms with Gasteiger partial charge >= 0.3 is 0 Å². The molecule has 1 amide bonds. The first-order chi connectivity index (χ1) is 16.2. The molecule has 8 nitrogen and oxygen atoms in total. The number of hydrogen-bond donors (Lipinski definition) is 2. The quantitative estimate of drug-likeness (QED) is 0.330. The Morgan fingerprint density at radius 2 is 1.88 bits per heavy atom. The number of methoxy groups -OCH3 is 1. The summed E-state index contributed by atoms with van der Waals surface area (Å²) in [5.41, 5.74) is 1.73. The molecule has 1 saturated heterocycles. The van der Waals surface area contributed by atoms with Crippen LogP contribution in [0.2, 0.25) is 0 Å². The maximum absolute atomic E-state index is 13.2. The number of hydrogen-bond acceptors (Lipinski definition) is 7. The van der Waals surface area contributed by atoms with Crippen molar-refractivity contribution < 1.29 is 29.3 Å². The van der Waals surface area contributed by atoms with E-state index in [0.717, 1.165) is 6.54 Å². The topological polar surface area (TPSA) is 99.5 Å². The van der Waals surface area contributed by atoms with E-state index in [1.165, 1.54) is 11.0 Å². The molecular weight excluding hydrogens is 436 g/mol. The van der Waals surface area contributed by atoms with Crippen LogP contribution < -0.4 is 9.47 Å². The molecule has 2 aromatic rings. The van der Waals surface area contributed by atoms with E-state index < -0.39 is 17.7 Å². The number of Topliss-reactive ketones (excluding diaryl/α,β-unsaturated/α-hetero) is 1. The number of aryl methyl sites for hydroxylation is 1. The minimum atomic E-state index is -0.816. The Hall–Kier alpha value is -3.52. The molecule has 1 fully saturated rings. The summed E-state index contributed by atoms with van der Waals surface area (Å²) < 4.78 is 10.8. The summed E-state index contributed by atoms with van der Waals surface area (Å²) in [7, 11) is 5.42. The number of likely N-dealkylation sites (tertiary alicyclic amines) is 1. The zero-order chi connectivity index (χ0) is 25.0. The third kappa shape index (κ3) is 5.02. The molecule has 2 aromatic carbocycles. The van der Waals surface area contributed by atoms with E-state index in [9.17, 15) is 19.8 Å². The lowest BCUT2D eigenvalue weighted by molar-refractivity contribution is -0.139. The molecule has 0 unspecified atom stereocenters. The molecule has 0 aromatic heterocycles. The van der Waals surface area contributed by atoms with E-state index in [0.29, 0.717) is 42.0 Å². The molecule has 0 radical (unpaired) electrons. The van der Waals surface area contributed by atoms with Crippen LogP contribution >= 0.6 is 0 Å². The normalized spacial score (nSPS) is 17.5. The Kier molecular flexibility index (Phi) is 7.83. The van der Waals surface area contributed by atoms with Gasteiger partial charge in [-0.15, -0.1) is 0 Å². The van der Waals surface area contributed by atoms with Crippen molar-refractivity contribution in [2.75, 3.05) is 40.9 Å². The smallest absolute Gasteiger partial charge is 0.295 e. The van der Waals surface area contributed by atoms with Crippen LogP contribution in [-0.4, -0.2) is 72.6 Å². The van der Waals surface area contributed by atoms with Crippen LogP contribution in [0.4, 0.5) is 0 Å². The summed E-state index contributed by atoms with van der Waals surface area (Å²) in [6.07, 6.45) is 0.647. The first-order valence-electron chi connectivity index (χ1n) is 11.2. The fourth-order valence-corrected chi connectivity index (χ4v) is 4.16. The maximum atomic E-state index is 13.2. The molecule has 0 saturated carbocycles. The summed E-state index contributed by atoms with van der Waals surface area (Å²) in [6, 6.07) is 9.03. The minimum Gasteiger partial charge on any atom is -0.507 e. The van der Waals surface area contributed by atoms with Crippen molar-refractivity contribution in [1.29, 1.82) is 0 Å². The lowest BCUT2D eigenvalue weighted by atomic mass is 9.93. The lowest BCUT2D eigenvalue weighted by Crippen LogP contribution is -2.32. The van der Waals surface area contributed by atoms with E-state index in [-0.39, 0.29) is 22.8 Å². The molecule has 3 rings (SSSR count). The van der Waals surface area contributed by atoms with Crippen molar-refractivity contribution in [2.24, 2.45) is 0 Å². The number of benzene rings is 2. The number of aromatic hydroxyl groups is 1. The summed E-state index contributed by atoms with van der Waals surface area (Å²) in [4.78, 5) is 29.8. The van der Waals surface area contributed by atoms with Crippen LogP contribution in [-0.2, 0) is 9.59 Å². The number of ketones is 1. The van der Waals surface area contributed by atoms with Crippen molar-refractivity contribution in [2.45, 2.75) is 26.3 Å². The second kappa shape index (κ2) is 10.6. The summed E-state index contributed by atoms with van der Waals surface area (Å²) in [6.45, 7) is 4.99. The number of phenols is 1. The van der Waals surface area contributed by atoms with Gasteiger partial charge < -0.3 is 29.5 Å². The Bertz CT molecular complexity index is 1110. The minimum absolute atomic E-state index is 0.0104. The number of amides is 1. The molecule has 1 heterocycles. The van der Waals surface area contributed by atoms with E-state index in [2.05, 4.69) is 0 Å². The van der Waals surface area contributed by atoms with E-state index in [1.54, 1.807) is 51.3 Å². The van der Waals surface area contributed by atoms with Gasteiger partial charge in [-0.05, 0) is 82.4 Å². The SMILES string of the molecule is CCOc1cc([C@H]2/C(=C(\O)c3ccc(OC)cc3C)C(=O)C(=O)N2CCCN(C)C)ccc1O. The lowest BCUT2D eigenvalue weighted by Gasteiger charge is -2.26. The van der Waals surface area contributed by atoms with E-state index >= 15 is 0 Å². The summed E-state index contributed by atoms with van der Waals surface area (Å²) in [5.74, 6) is -0.823. The number of rotatable bonds is 9. The molecule has 1 atom stereocenters. The number of ether oxygens (including phenoxy) is 2. The number of carbonyl (C=O) groups excluding carboxylic acids is 2. The van der Waals surface area contributed by atoms with Gasteiger partial charge in [0.15, 0.2) is 11.5 Å². The predicted octanol–water partition coefficient (Wildman–Crippen LogP) is 3.48. The van der Waals surface area contributed by atoms with Gasteiger partial charge in [0.25, 0.3) is 11.7 Å². The average Bonchev–Trinajstić information content (AvgIpc) is 3.05. The van der Waals surface area contributed by atoms with E-state index in [1.807, 2.05) is 19.0 Å². The summed E-state index contributed by atoms with van der Waals surface area (Å²) in [5, 5.41) is 21.5. The van der Waals surface area contributed by atoms with Crippen molar-refractivity contribution in [3.05, 3.63) is 58.7 Å². The molecule has 182 valence electrons. The standard InChI is InChI=1S/C26H32N2O6/c1-6-34-21-15-17(8-11-20(21)29)23-22(24(30)19-10-9-18(33-5)14-16(19)2)25(31)26(32)28(23)13-7-12-27(3)4/h8-11,14-15,23,29-30H,6-7,12-13H2,1-5H3/b24-22+/t23-/m0/s1. The molecule has 0 spiro atoms. The zero-order valence-corrected chi connectivity index (χ0v) is 20.3. The summed E-state index contributed by atoms with van der Waals surface area (Å²) >= 11 is 0. The molecule has 34 heavy (non-hydrogen) atoms. The van der Waals surface area contributed by atoms with Gasteiger partial charge in [-0.25, -0.2) is 0 Å². The van der Waals surface area contributed by atoms with Crippen LogP contribution in [0, 0.1) is 6.92 Å². The van der Waals surface area contributed by atoms with Gasteiger partial charge in [0.1, 0.15) is 11.5 Å². The van der Waals surface area contributed by atoms with Gasteiger partial charge in [-0.1, -0.05) is 6.07 Å². The zero-order valence-electron chi connectivity index (χ0n) is 20.3. The van der Waals surface area contributed by atoms with Crippen LogP contribution in [0.1, 0.15) is 36.1 Å². The van der Waals surface area contributed by atoms with Crippen molar-refractivity contribution in [1.82, 2.24) is 9.80 Å². The van der Waals surface area contributed by atoms with Gasteiger partial charge in [0, 0.05) is 12.1 Å². The molecule has 2 N–H and O–H groups in total. The Morgan fingerprint density at radius 3 is 2.50 bits per heavy atom. The Balaban J connectivity index is 2.16.